The van der Waals surface area contributed by atoms with Gasteiger partial charge in [-0.3, -0.25) is 0 Å². The highest BCUT2D eigenvalue weighted by molar-refractivity contribution is 7.87. The lowest BCUT2D eigenvalue weighted by Gasteiger charge is -2.20. The lowest BCUT2D eigenvalue weighted by molar-refractivity contribution is 0.114. The summed E-state index contributed by atoms with van der Waals surface area (Å²) in [6.45, 7) is 5.79. The van der Waals surface area contributed by atoms with E-state index in [1.807, 2.05) is 13.8 Å². The Labute approximate surface area is 92.0 Å². The Morgan fingerprint density at radius 1 is 1.40 bits per heavy atom. The van der Waals surface area contributed by atoms with Crippen LogP contribution in [-0.4, -0.2) is 45.1 Å². The molecule has 0 aromatic heterocycles. The first-order valence-electron chi connectivity index (χ1n) is 5.46. The van der Waals surface area contributed by atoms with E-state index in [9.17, 15) is 8.42 Å². The van der Waals surface area contributed by atoms with E-state index in [0.29, 0.717) is 19.6 Å². The molecular formula is C9H20N2O3S. The van der Waals surface area contributed by atoms with Gasteiger partial charge in [0.1, 0.15) is 0 Å². The summed E-state index contributed by atoms with van der Waals surface area (Å²) in [4.78, 5) is 0. The summed E-state index contributed by atoms with van der Waals surface area (Å²) in [5.41, 5.74) is 0. The number of nitrogens with zero attached hydrogens (tertiary/aromatic N) is 1. The van der Waals surface area contributed by atoms with Gasteiger partial charge in [0.05, 0.1) is 6.10 Å². The second-order valence-electron chi connectivity index (χ2n) is 3.57. The van der Waals surface area contributed by atoms with Gasteiger partial charge in [-0.25, -0.2) is 0 Å². The van der Waals surface area contributed by atoms with Crippen LogP contribution in [0.15, 0.2) is 0 Å². The minimum Gasteiger partial charge on any atom is -0.377 e. The minimum absolute atomic E-state index is 0.0512. The summed E-state index contributed by atoms with van der Waals surface area (Å²) in [7, 11) is -3.31. The Balaban J connectivity index is 2.41. The van der Waals surface area contributed by atoms with E-state index in [2.05, 4.69) is 4.72 Å². The topological polar surface area (TPSA) is 58.6 Å². The van der Waals surface area contributed by atoms with Crippen LogP contribution in [0, 0.1) is 0 Å². The van der Waals surface area contributed by atoms with Crippen molar-refractivity contribution >= 4 is 10.2 Å². The van der Waals surface area contributed by atoms with Crippen LogP contribution in [0.25, 0.3) is 0 Å². The van der Waals surface area contributed by atoms with Crippen molar-refractivity contribution < 1.29 is 13.2 Å². The smallest absolute Gasteiger partial charge is 0.279 e. The van der Waals surface area contributed by atoms with Crippen LogP contribution in [0.5, 0.6) is 0 Å². The van der Waals surface area contributed by atoms with Gasteiger partial charge in [-0.15, -0.1) is 0 Å². The molecule has 0 bridgehead atoms. The quantitative estimate of drug-likeness (QED) is 0.723. The third-order valence-corrected chi connectivity index (χ3v) is 4.29. The largest absolute Gasteiger partial charge is 0.377 e. The lowest BCUT2D eigenvalue weighted by Crippen LogP contribution is -2.43. The van der Waals surface area contributed by atoms with Gasteiger partial charge in [0.15, 0.2) is 0 Å². The first kappa shape index (κ1) is 12.9. The molecule has 1 saturated heterocycles. The second kappa shape index (κ2) is 5.79. The number of nitrogens with one attached hydrogen (secondary N) is 1. The molecule has 0 aromatic rings. The van der Waals surface area contributed by atoms with Gasteiger partial charge in [0, 0.05) is 26.2 Å². The summed E-state index contributed by atoms with van der Waals surface area (Å²) in [5.74, 6) is 0. The van der Waals surface area contributed by atoms with E-state index in [1.165, 1.54) is 4.31 Å². The predicted molar refractivity (Wildman–Crippen MR) is 58.8 cm³/mol. The van der Waals surface area contributed by atoms with E-state index in [4.69, 9.17) is 4.74 Å². The molecule has 1 aliphatic heterocycles. The highest BCUT2D eigenvalue weighted by Crippen LogP contribution is 2.11. The molecule has 1 rings (SSSR count). The molecule has 15 heavy (non-hydrogen) atoms. The van der Waals surface area contributed by atoms with Crippen LogP contribution < -0.4 is 4.72 Å². The lowest BCUT2D eigenvalue weighted by atomic mass is 10.2. The normalized spacial score (nSPS) is 22.5. The summed E-state index contributed by atoms with van der Waals surface area (Å²) in [6.07, 6.45) is 2.02. The van der Waals surface area contributed by atoms with E-state index in [0.717, 1.165) is 19.4 Å². The first-order chi connectivity index (χ1) is 7.10. The zero-order valence-electron chi connectivity index (χ0n) is 9.40. The van der Waals surface area contributed by atoms with Crippen molar-refractivity contribution in [2.75, 3.05) is 26.2 Å². The van der Waals surface area contributed by atoms with Crippen molar-refractivity contribution in [3.8, 4) is 0 Å². The first-order valence-corrected chi connectivity index (χ1v) is 6.90. The number of ether oxygens (including phenoxy) is 1. The average molecular weight is 236 g/mol. The molecule has 6 heteroatoms. The van der Waals surface area contributed by atoms with E-state index < -0.39 is 10.2 Å². The van der Waals surface area contributed by atoms with Crippen molar-refractivity contribution in [3.05, 3.63) is 0 Å². The number of hydrogen-bond acceptors (Lipinski definition) is 3. The zero-order valence-corrected chi connectivity index (χ0v) is 10.2. The van der Waals surface area contributed by atoms with Crippen molar-refractivity contribution in [2.24, 2.45) is 0 Å². The Kier molecular flexibility index (Phi) is 4.98. The molecule has 90 valence electrons. The highest BCUT2D eigenvalue weighted by Gasteiger charge is 2.22. The van der Waals surface area contributed by atoms with Crippen LogP contribution in [-0.2, 0) is 14.9 Å². The standard InChI is InChI=1S/C9H20N2O3S/c1-3-11(4-2)15(12,13)10-8-9-6-5-7-14-9/h9-10H,3-8H2,1-2H3/t9-/m0/s1. The molecule has 1 N–H and O–H groups in total. The van der Waals surface area contributed by atoms with Crippen LogP contribution >= 0.6 is 0 Å². The van der Waals surface area contributed by atoms with Crippen LogP contribution in [0.2, 0.25) is 0 Å². The van der Waals surface area contributed by atoms with Crippen molar-refractivity contribution in [1.82, 2.24) is 9.03 Å². The fourth-order valence-corrected chi connectivity index (χ4v) is 2.92. The molecule has 1 heterocycles. The molecule has 0 amide bonds. The van der Waals surface area contributed by atoms with Gasteiger partial charge in [-0.05, 0) is 12.8 Å². The van der Waals surface area contributed by atoms with Crippen molar-refractivity contribution in [3.63, 3.8) is 0 Å². The maximum absolute atomic E-state index is 11.7. The Hall–Kier alpha value is -0.170. The highest BCUT2D eigenvalue weighted by atomic mass is 32.2. The summed E-state index contributed by atoms with van der Waals surface area (Å²) in [5, 5.41) is 0. The fourth-order valence-electron chi connectivity index (χ4n) is 1.66. The third kappa shape index (κ3) is 3.71. The molecule has 0 radical (unpaired) electrons. The van der Waals surface area contributed by atoms with E-state index >= 15 is 0 Å². The Morgan fingerprint density at radius 2 is 2.07 bits per heavy atom. The second-order valence-corrected chi connectivity index (χ2v) is 5.33. The maximum Gasteiger partial charge on any atom is 0.279 e. The molecule has 0 unspecified atom stereocenters. The van der Waals surface area contributed by atoms with E-state index in [-0.39, 0.29) is 6.10 Å². The van der Waals surface area contributed by atoms with Gasteiger partial charge < -0.3 is 4.74 Å². The van der Waals surface area contributed by atoms with E-state index in [1.54, 1.807) is 0 Å². The van der Waals surface area contributed by atoms with Crippen molar-refractivity contribution in [2.45, 2.75) is 32.8 Å². The zero-order chi connectivity index (χ0) is 11.3. The summed E-state index contributed by atoms with van der Waals surface area (Å²) < 4.78 is 32.7. The molecular weight excluding hydrogens is 216 g/mol. The average Bonchev–Trinajstić information content (AvgIpc) is 2.69. The number of rotatable bonds is 6. The molecule has 1 aliphatic rings. The molecule has 1 fully saturated rings. The van der Waals surface area contributed by atoms with Gasteiger partial charge in [0.25, 0.3) is 10.2 Å². The SMILES string of the molecule is CCN(CC)S(=O)(=O)NC[C@@H]1CCCO1. The maximum atomic E-state index is 11.7. The Morgan fingerprint density at radius 3 is 2.53 bits per heavy atom. The van der Waals surface area contributed by atoms with Gasteiger partial charge in [-0.1, -0.05) is 13.8 Å². The molecule has 1 atom stereocenters. The van der Waals surface area contributed by atoms with Crippen molar-refractivity contribution in [1.29, 1.82) is 0 Å². The van der Waals surface area contributed by atoms with Crippen LogP contribution in [0.4, 0.5) is 0 Å². The van der Waals surface area contributed by atoms with Crippen LogP contribution in [0.3, 0.4) is 0 Å². The molecule has 0 saturated carbocycles. The molecule has 0 aliphatic carbocycles. The predicted octanol–water partition coefficient (Wildman–Crippen LogP) is 0.342. The van der Waals surface area contributed by atoms with Gasteiger partial charge >= 0.3 is 0 Å². The summed E-state index contributed by atoms with van der Waals surface area (Å²) >= 11 is 0. The third-order valence-electron chi connectivity index (χ3n) is 2.56. The number of hydrogen-bond donors (Lipinski definition) is 1. The molecule has 0 aromatic carbocycles. The molecule has 0 spiro atoms. The van der Waals surface area contributed by atoms with Gasteiger partial charge in [0.2, 0.25) is 0 Å². The van der Waals surface area contributed by atoms with Gasteiger partial charge in [-0.2, -0.15) is 17.4 Å². The monoisotopic (exact) mass is 236 g/mol. The van der Waals surface area contributed by atoms with Crippen LogP contribution in [0.1, 0.15) is 26.7 Å². The fraction of sp³-hybridized carbons (Fsp3) is 1.00. The minimum atomic E-state index is -3.31. The molecule has 5 nitrogen and oxygen atoms in total. The Bertz CT molecular complexity index is 269. The summed E-state index contributed by atoms with van der Waals surface area (Å²) in [6, 6.07) is 0.